The van der Waals surface area contributed by atoms with Gasteiger partial charge in [0.25, 0.3) is 0 Å². The number of aryl methyl sites for hydroxylation is 1. The fourth-order valence-electron chi connectivity index (χ4n) is 2.34. The van der Waals surface area contributed by atoms with Crippen LogP contribution in [0, 0.1) is 0 Å². The van der Waals surface area contributed by atoms with E-state index >= 15 is 0 Å². The SMILES string of the molecule is CCc1ccc(CC(NN)c2cc3ccccc3s2)s1. The molecule has 0 spiro atoms. The summed E-state index contributed by atoms with van der Waals surface area (Å²) >= 11 is 3.71. The summed E-state index contributed by atoms with van der Waals surface area (Å²) in [6.45, 7) is 2.19. The molecule has 3 rings (SSSR count). The number of benzene rings is 1. The molecule has 0 saturated heterocycles. The van der Waals surface area contributed by atoms with Crippen molar-refractivity contribution in [2.75, 3.05) is 0 Å². The van der Waals surface area contributed by atoms with Crippen LogP contribution in [0.25, 0.3) is 10.1 Å². The zero-order chi connectivity index (χ0) is 13.9. The van der Waals surface area contributed by atoms with E-state index in [1.54, 1.807) is 0 Å². The number of nitrogens with two attached hydrogens (primary N) is 1. The van der Waals surface area contributed by atoms with E-state index in [9.17, 15) is 0 Å². The van der Waals surface area contributed by atoms with Crippen LogP contribution in [0.3, 0.4) is 0 Å². The zero-order valence-corrected chi connectivity index (χ0v) is 13.1. The monoisotopic (exact) mass is 302 g/mol. The van der Waals surface area contributed by atoms with Crippen LogP contribution in [0.4, 0.5) is 0 Å². The van der Waals surface area contributed by atoms with Gasteiger partial charge in [-0.05, 0) is 36.1 Å². The fourth-order valence-corrected chi connectivity index (χ4v) is 4.47. The Bertz CT molecular complexity index is 666. The maximum absolute atomic E-state index is 5.78. The molecule has 3 aromatic rings. The summed E-state index contributed by atoms with van der Waals surface area (Å²) < 4.78 is 1.32. The summed E-state index contributed by atoms with van der Waals surface area (Å²) in [5, 5.41) is 1.30. The molecular formula is C16H18N2S2. The zero-order valence-electron chi connectivity index (χ0n) is 11.4. The largest absolute Gasteiger partial charge is 0.271 e. The molecule has 0 fully saturated rings. The first-order chi connectivity index (χ1) is 9.80. The van der Waals surface area contributed by atoms with Crippen molar-refractivity contribution in [2.24, 2.45) is 5.84 Å². The van der Waals surface area contributed by atoms with Crippen LogP contribution >= 0.6 is 22.7 Å². The summed E-state index contributed by atoms with van der Waals surface area (Å²) in [6, 6.07) is 15.4. The molecule has 0 aliphatic rings. The van der Waals surface area contributed by atoms with Crippen LogP contribution < -0.4 is 11.3 Å². The Morgan fingerprint density at radius 2 is 1.90 bits per heavy atom. The van der Waals surface area contributed by atoms with Crippen LogP contribution in [0.15, 0.2) is 42.5 Å². The molecule has 0 amide bonds. The first kappa shape index (κ1) is 13.8. The van der Waals surface area contributed by atoms with Crippen molar-refractivity contribution < 1.29 is 0 Å². The molecule has 1 unspecified atom stereocenters. The molecule has 104 valence electrons. The van der Waals surface area contributed by atoms with E-state index in [1.165, 1.54) is 24.7 Å². The first-order valence-electron chi connectivity index (χ1n) is 6.82. The lowest BCUT2D eigenvalue weighted by Gasteiger charge is -2.12. The van der Waals surface area contributed by atoms with Crippen molar-refractivity contribution in [3.8, 4) is 0 Å². The predicted octanol–water partition coefficient (Wildman–Crippen LogP) is 4.27. The van der Waals surface area contributed by atoms with Gasteiger partial charge in [-0.1, -0.05) is 25.1 Å². The predicted molar refractivity (Wildman–Crippen MR) is 89.3 cm³/mol. The molecule has 0 aliphatic carbocycles. The molecule has 3 N–H and O–H groups in total. The van der Waals surface area contributed by atoms with Crippen molar-refractivity contribution >= 4 is 32.8 Å². The second-order valence-electron chi connectivity index (χ2n) is 4.83. The molecule has 1 atom stereocenters. The van der Waals surface area contributed by atoms with Crippen molar-refractivity contribution in [3.05, 3.63) is 57.1 Å². The van der Waals surface area contributed by atoms with Gasteiger partial charge in [0, 0.05) is 25.8 Å². The summed E-state index contributed by atoms with van der Waals surface area (Å²) in [5.41, 5.74) is 2.97. The Kier molecular flexibility index (Phi) is 4.17. The summed E-state index contributed by atoms with van der Waals surface area (Å²) in [6.07, 6.45) is 2.06. The molecule has 0 bridgehead atoms. The second-order valence-corrected chi connectivity index (χ2v) is 7.20. The van der Waals surface area contributed by atoms with E-state index in [0.717, 1.165) is 12.8 Å². The van der Waals surface area contributed by atoms with E-state index in [2.05, 4.69) is 54.8 Å². The van der Waals surface area contributed by atoms with Crippen molar-refractivity contribution in [3.63, 3.8) is 0 Å². The van der Waals surface area contributed by atoms with E-state index in [-0.39, 0.29) is 6.04 Å². The van der Waals surface area contributed by atoms with E-state index < -0.39 is 0 Å². The number of nitrogens with one attached hydrogen (secondary N) is 1. The molecule has 2 aromatic heterocycles. The molecule has 1 aromatic carbocycles. The number of thiophene rings is 2. The van der Waals surface area contributed by atoms with Gasteiger partial charge in [-0.25, -0.2) is 0 Å². The Hall–Kier alpha value is -1.20. The molecule has 0 aliphatic heterocycles. The lowest BCUT2D eigenvalue weighted by molar-refractivity contribution is 0.564. The van der Waals surface area contributed by atoms with Gasteiger partial charge in [-0.15, -0.1) is 22.7 Å². The molecule has 2 nitrogen and oxygen atoms in total. The summed E-state index contributed by atoms with van der Waals surface area (Å²) in [5.74, 6) is 5.78. The number of hydrazine groups is 1. The first-order valence-corrected chi connectivity index (χ1v) is 8.45. The van der Waals surface area contributed by atoms with Crippen molar-refractivity contribution in [1.29, 1.82) is 0 Å². The van der Waals surface area contributed by atoms with Crippen LogP contribution in [-0.4, -0.2) is 0 Å². The average molecular weight is 302 g/mol. The van der Waals surface area contributed by atoms with Gasteiger partial charge in [-0.2, -0.15) is 0 Å². The van der Waals surface area contributed by atoms with Crippen LogP contribution in [-0.2, 0) is 12.8 Å². The van der Waals surface area contributed by atoms with Gasteiger partial charge in [0.15, 0.2) is 0 Å². The molecule has 2 heterocycles. The Labute approximate surface area is 127 Å². The topological polar surface area (TPSA) is 38.0 Å². The Balaban J connectivity index is 1.85. The fraction of sp³-hybridized carbons (Fsp3) is 0.250. The number of hydrogen-bond donors (Lipinski definition) is 2. The molecule has 4 heteroatoms. The molecule has 20 heavy (non-hydrogen) atoms. The third-order valence-corrected chi connectivity index (χ3v) is 5.94. The Morgan fingerprint density at radius 3 is 2.60 bits per heavy atom. The Morgan fingerprint density at radius 1 is 1.10 bits per heavy atom. The maximum Gasteiger partial charge on any atom is 0.0601 e. The van der Waals surface area contributed by atoms with Gasteiger partial charge < -0.3 is 0 Å². The van der Waals surface area contributed by atoms with Gasteiger partial charge in [0.05, 0.1) is 6.04 Å². The highest BCUT2D eigenvalue weighted by molar-refractivity contribution is 7.19. The van der Waals surface area contributed by atoms with Gasteiger partial charge in [0.1, 0.15) is 0 Å². The highest BCUT2D eigenvalue weighted by atomic mass is 32.1. The normalized spacial score (nSPS) is 12.9. The molecule has 0 radical (unpaired) electrons. The highest BCUT2D eigenvalue weighted by Crippen LogP contribution is 2.32. The smallest absolute Gasteiger partial charge is 0.0601 e. The summed E-state index contributed by atoms with van der Waals surface area (Å²) in [7, 11) is 0. The number of hydrogen-bond acceptors (Lipinski definition) is 4. The molecule has 0 saturated carbocycles. The van der Waals surface area contributed by atoms with Gasteiger partial charge in [-0.3, -0.25) is 11.3 Å². The van der Waals surface area contributed by atoms with Crippen molar-refractivity contribution in [1.82, 2.24) is 5.43 Å². The van der Waals surface area contributed by atoms with Crippen LogP contribution in [0.1, 0.15) is 27.6 Å². The standard InChI is InChI=1S/C16H18N2S2/c1-2-12-7-8-13(19-12)10-14(18-17)16-9-11-5-3-4-6-15(11)20-16/h3-9,14,18H,2,10,17H2,1H3. The number of fused-ring (bicyclic) bond motifs is 1. The third-order valence-electron chi connectivity index (χ3n) is 3.46. The minimum Gasteiger partial charge on any atom is -0.271 e. The highest BCUT2D eigenvalue weighted by Gasteiger charge is 2.14. The maximum atomic E-state index is 5.78. The van der Waals surface area contributed by atoms with E-state index in [4.69, 9.17) is 5.84 Å². The minimum atomic E-state index is 0.191. The van der Waals surface area contributed by atoms with E-state index in [0.29, 0.717) is 0 Å². The van der Waals surface area contributed by atoms with Crippen LogP contribution in [0.5, 0.6) is 0 Å². The quantitative estimate of drug-likeness (QED) is 0.545. The third kappa shape index (κ3) is 2.79. The molecular weight excluding hydrogens is 284 g/mol. The number of rotatable bonds is 5. The summed E-state index contributed by atoms with van der Waals surface area (Å²) in [4.78, 5) is 4.13. The van der Waals surface area contributed by atoms with Gasteiger partial charge in [0.2, 0.25) is 0 Å². The lowest BCUT2D eigenvalue weighted by atomic mass is 10.1. The average Bonchev–Trinajstić information content (AvgIpc) is 3.10. The minimum absolute atomic E-state index is 0.191. The van der Waals surface area contributed by atoms with E-state index in [1.807, 2.05) is 22.7 Å². The lowest BCUT2D eigenvalue weighted by Crippen LogP contribution is -2.28. The van der Waals surface area contributed by atoms with Crippen LogP contribution in [0.2, 0.25) is 0 Å². The van der Waals surface area contributed by atoms with Crippen molar-refractivity contribution in [2.45, 2.75) is 25.8 Å². The van der Waals surface area contributed by atoms with Gasteiger partial charge >= 0.3 is 0 Å². The second kappa shape index (κ2) is 6.06.